The van der Waals surface area contributed by atoms with E-state index in [4.69, 9.17) is 16.9 Å². The summed E-state index contributed by atoms with van der Waals surface area (Å²) in [6.07, 6.45) is 0. The Balaban J connectivity index is 2.38. The Morgan fingerprint density at radius 3 is 2.70 bits per heavy atom. The van der Waals surface area contributed by atoms with Gasteiger partial charge in [0.1, 0.15) is 5.82 Å². The predicted octanol–water partition coefficient (Wildman–Crippen LogP) is 3.52. The van der Waals surface area contributed by atoms with E-state index in [-0.39, 0.29) is 23.9 Å². The zero-order valence-electron chi connectivity index (χ0n) is 13.2. The van der Waals surface area contributed by atoms with Crippen LogP contribution in [0, 0.1) is 31.0 Å². The van der Waals surface area contributed by atoms with Crippen LogP contribution in [0.4, 0.5) is 4.39 Å². The standard InChI is InChI=1S/C17H17ClFN3O/c1-11-8-14(17(23)10-21(3)7-6-20)12(2)22(11)13-4-5-16(19)15(18)9-13/h4-5,8-9H,7,10H2,1-3H3. The van der Waals surface area contributed by atoms with Crippen LogP contribution < -0.4 is 0 Å². The number of nitrogens with zero attached hydrogens (tertiary/aromatic N) is 3. The number of nitriles is 1. The first kappa shape index (κ1) is 17.2. The van der Waals surface area contributed by atoms with Gasteiger partial charge < -0.3 is 4.57 Å². The third-order valence-electron chi connectivity index (χ3n) is 3.65. The van der Waals surface area contributed by atoms with Crippen LogP contribution in [-0.4, -0.2) is 35.4 Å². The minimum atomic E-state index is -0.479. The Morgan fingerprint density at radius 2 is 2.09 bits per heavy atom. The third-order valence-corrected chi connectivity index (χ3v) is 3.94. The van der Waals surface area contributed by atoms with Crippen LogP contribution in [-0.2, 0) is 0 Å². The van der Waals surface area contributed by atoms with E-state index >= 15 is 0 Å². The molecule has 4 nitrogen and oxygen atoms in total. The Hall–Kier alpha value is -2.16. The predicted molar refractivity (Wildman–Crippen MR) is 87.7 cm³/mol. The number of halogens is 2. The molecule has 0 spiro atoms. The first-order valence-corrected chi connectivity index (χ1v) is 7.46. The van der Waals surface area contributed by atoms with Gasteiger partial charge in [-0.1, -0.05) is 11.6 Å². The summed E-state index contributed by atoms with van der Waals surface area (Å²) in [6, 6.07) is 8.27. The van der Waals surface area contributed by atoms with E-state index in [2.05, 4.69) is 0 Å². The van der Waals surface area contributed by atoms with Crippen LogP contribution in [0.15, 0.2) is 24.3 Å². The third kappa shape index (κ3) is 3.61. The van der Waals surface area contributed by atoms with E-state index in [1.54, 1.807) is 24.1 Å². The maximum absolute atomic E-state index is 13.3. The second kappa shape index (κ2) is 6.95. The lowest BCUT2D eigenvalue weighted by molar-refractivity contribution is 0.0952. The van der Waals surface area contributed by atoms with Crippen molar-refractivity contribution in [3.8, 4) is 11.8 Å². The molecule has 0 unspecified atom stereocenters. The number of ketones is 1. The first-order chi connectivity index (χ1) is 10.8. The smallest absolute Gasteiger partial charge is 0.178 e. The lowest BCUT2D eigenvalue weighted by Gasteiger charge is -2.12. The highest BCUT2D eigenvalue weighted by Crippen LogP contribution is 2.25. The monoisotopic (exact) mass is 333 g/mol. The van der Waals surface area contributed by atoms with Gasteiger partial charge >= 0.3 is 0 Å². The number of aryl methyl sites for hydroxylation is 1. The summed E-state index contributed by atoms with van der Waals surface area (Å²) < 4.78 is 15.2. The van der Waals surface area contributed by atoms with Gasteiger partial charge in [0.15, 0.2) is 5.78 Å². The Bertz CT molecular complexity index is 792. The number of hydrogen-bond donors (Lipinski definition) is 0. The van der Waals surface area contributed by atoms with Crippen molar-refractivity contribution in [3.05, 3.63) is 52.1 Å². The summed E-state index contributed by atoms with van der Waals surface area (Å²) in [5.74, 6) is -0.539. The zero-order chi connectivity index (χ0) is 17.1. The summed E-state index contributed by atoms with van der Waals surface area (Å²) in [5.41, 5.74) is 2.92. The summed E-state index contributed by atoms with van der Waals surface area (Å²) in [6.45, 7) is 4.07. The van der Waals surface area contributed by atoms with Gasteiger partial charge in [-0.25, -0.2) is 4.39 Å². The molecule has 120 valence electrons. The average Bonchev–Trinajstić information content (AvgIpc) is 2.77. The molecule has 0 saturated heterocycles. The fraction of sp³-hybridized carbons (Fsp3) is 0.294. The lowest BCUT2D eigenvalue weighted by atomic mass is 10.1. The van der Waals surface area contributed by atoms with Crippen LogP contribution in [0.1, 0.15) is 21.7 Å². The van der Waals surface area contributed by atoms with Gasteiger partial charge in [-0.15, -0.1) is 0 Å². The van der Waals surface area contributed by atoms with Crippen molar-refractivity contribution in [3.63, 3.8) is 0 Å². The molecule has 6 heteroatoms. The first-order valence-electron chi connectivity index (χ1n) is 7.08. The minimum Gasteiger partial charge on any atom is -0.318 e. The molecule has 0 aliphatic heterocycles. The molecule has 2 aromatic rings. The molecule has 0 amide bonds. The van der Waals surface area contributed by atoms with Crippen molar-refractivity contribution in [1.29, 1.82) is 5.26 Å². The van der Waals surface area contributed by atoms with E-state index in [9.17, 15) is 9.18 Å². The maximum atomic E-state index is 13.3. The van der Waals surface area contributed by atoms with Gasteiger partial charge in [0, 0.05) is 22.6 Å². The molecule has 0 saturated carbocycles. The van der Waals surface area contributed by atoms with E-state index in [0.717, 1.165) is 11.4 Å². The molecule has 23 heavy (non-hydrogen) atoms. The lowest BCUT2D eigenvalue weighted by Crippen LogP contribution is -2.26. The number of likely N-dealkylation sites (N-methyl/N-ethyl adjacent to an activating group) is 1. The number of carbonyl (C=O) groups excluding carboxylic acids is 1. The maximum Gasteiger partial charge on any atom is 0.178 e. The van der Waals surface area contributed by atoms with E-state index < -0.39 is 5.82 Å². The Morgan fingerprint density at radius 1 is 1.39 bits per heavy atom. The van der Waals surface area contributed by atoms with Crippen LogP contribution in [0.3, 0.4) is 0 Å². The van der Waals surface area contributed by atoms with Crippen LogP contribution in [0.5, 0.6) is 0 Å². The van der Waals surface area contributed by atoms with Crippen LogP contribution in [0.25, 0.3) is 5.69 Å². The van der Waals surface area contributed by atoms with Crippen LogP contribution in [0.2, 0.25) is 5.02 Å². The van der Waals surface area contributed by atoms with Crippen molar-refractivity contribution >= 4 is 17.4 Å². The zero-order valence-corrected chi connectivity index (χ0v) is 14.0. The highest BCUT2D eigenvalue weighted by atomic mass is 35.5. The molecular weight excluding hydrogens is 317 g/mol. The topological polar surface area (TPSA) is 49.0 Å². The number of hydrogen-bond acceptors (Lipinski definition) is 3. The fourth-order valence-corrected chi connectivity index (χ4v) is 2.75. The van der Waals surface area contributed by atoms with Crippen molar-refractivity contribution in [1.82, 2.24) is 9.47 Å². The van der Waals surface area contributed by atoms with E-state index in [0.29, 0.717) is 11.3 Å². The van der Waals surface area contributed by atoms with Crippen molar-refractivity contribution in [2.75, 3.05) is 20.1 Å². The molecule has 0 N–H and O–H groups in total. The molecule has 1 aromatic carbocycles. The molecule has 0 aliphatic carbocycles. The van der Waals surface area contributed by atoms with Crippen molar-refractivity contribution < 1.29 is 9.18 Å². The average molecular weight is 334 g/mol. The molecule has 1 aromatic heterocycles. The SMILES string of the molecule is Cc1cc(C(=O)CN(C)CC#N)c(C)n1-c1ccc(F)c(Cl)c1. The molecule has 0 aliphatic rings. The molecule has 0 radical (unpaired) electrons. The summed E-state index contributed by atoms with van der Waals surface area (Å²) >= 11 is 5.85. The Kier molecular flexibility index (Phi) is 5.19. The van der Waals surface area contributed by atoms with Crippen molar-refractivity contribution in [2.45, 2.75) is 13.8 Å². The van der Waals surface area contributed by atoms with Gasteiger partial charge in [0.05, 0.1) is 24.2 Å². The molecular formula is C17H17ClFN3O. The molecule has 2 rings (SSSR count). The summed E-state index contributed by atoms with van der Waals surface area (Å²) in [5, 5.41) is 8.71. The van der Waals surface area contributed by atoms with Crippen LogP contribution >= 0.6 is 11.6 Å². The number of aromatic nitrogens is 1. The Labute approximate surface area is 139 Å². The number of Topliss-reactive ketones (excluding diaryl/α,β-unsaturated/α-hetero) is 1. The quantitative estimate of drug-likeness (QED) is 0.621. The highest BCUT2D eigenvalue weighted by molar-refractivity contribution is 6.30. The minimum absolute atomic E-state index is 0.0385. The molecule has 1 heterocycles. The second-order valence-electron chi connectivity index (χ2n) is 5.47. The van der Waals surface area contributed by atoms with Crippen molar-refractivity contribution in [2.24, 2.45) is 0 Å². The van der Waals surface area contributed by atoms with E-state index in [1.165, 1.54) is 12.1 Å². The van der Waals surface area contributed by atoms with Gasteiger partial charge in [-0.2, -0.15) is 5.26 Å². The van der Waals surface area contributed by atoms with Gasteiger partial charge in [0.2, 0.25) is 0 Å². The normalized spacial score (nSPS) is 10.8. The van der Waals surface area contributed by atoms with Gasteiger partial charge in [0.25, 0.3) is 0 Å². The molecule has 0 bridgehead atoms. The molecule has 0 fully saturated rings. The largest absolute Gasteiger partial charge is 0.318 e. The highest BCUT2D eigenvalue weighted by Gasteiger charge is 2.18. The van der Waals surface area contributed by atoms with E-state index in [1.807, 2.05) is 24.5 Å². The molecule has 0 atom stereocenters. The fourth-order valence-electron chi connectivity index (χ4n) is 2.57. The number of carbonyl (C=O) groups is 1. The summed E-state index contributed by atoms with van der Waals surface area (Å²) in [7, 11) is 1.72. The number of benzene rings is 1. The summed E-state index contributed by atoms with van der Waals surface area (Å²) in [4.78, 5) is 14.1. The second-order valence-corrected chi connectivity index (χ2v) is 5.88. The number of rotatable bonds is 5. The van der Waals surface area contributed by atoms with Gasteiger partial charge in [-0.05, 0) is 45.2 Å². The van der Waals surface area contributed by atoms with Gasteiger partial charge in [-0.3, -0.25) is 9.69 Å².